The van der Waals surface area contributed by atoms with E-state index in [1.165, 1.54) is 18.4 Å². The van der Waals surface area contributed by atoms with Gasteiger partial charge in [0.1, 0.15) is 0 Å². The fraction of sp³-hybridized carbons (Fsp3) is 0.647. The molecule has 0 amide bonds. The Hall–Kier alpha value is -0.890. The first-order valence-electron chi connectivity index (χ1n) is 7.55. The molecule has 0 bridgehead atoms. The standard InChI is InChI=1S/C17H23ClO2/c1-17(2,3)13-8-9-19-15-12(13)6-7-14(18)16(15)20-10-11-4-5-11/h6-7,11,13H,4-5,8-10H2,1-3H3. The summed E-state index contributed by atoms with van der Waals surface area (Å²) in [6.07, 6.45) is 3.61. The summed E-state index contributed by atoms with van der Waals surface area (Å²) < 4.78 is 11.9. The second-order valence-electron chi connectivity index (χ2n) is 7.10. The Bertz CT molecular complexity index is 500. The van der Waals surface area contributed by atoms with Crippen molar-refractivity contribution < 1.29 is 9.47 Å². The van der Waals surface area contributed by atoms with Gasteiger partial charge in [-0.15, -0.1) is 0 Å². The maximum atomic E-state index is 6.32. The summed E-state index contributed by atoms with van der Waals surface area (Å²) in [6, 6.07) is 4.06. The molecule has 0 aromatic heterocycles. The Morgan fingerprint density at radius 2 is 2.00 bits per heavy atom. The second kappa shape index (κ2) is 5.14. The van der Waals surface area contributed by atoms with Crippen LogP contribution >= 0.6 is 11.6 Å². The number of hydrogen-bond acceptors (Lipinski definition) is 2. The highest BCUT2D eigenvalue weighted by atomic mass is 35.5. The van der Waals surface area contributed by atoms with Gasteiger partial charge in [0.05, 0.1) is 18.2 Å². The van der Waals surface area contributed by atoms with E-state index in [1.54, 1.807) is 0 Å². The van der Waals surface area contributed by atoms with Crippen molar-refractivity contribution in [1.82, 2.24) is 0 Å². The fourth-order valence-corrected chi connectivity index (χ4v) is 3.13. The Labute approximate surface area is 126 Å². The van der Waals surface area contributed by atoms with E-state index in [4.69, 9.17) is 21.1 Å². The third-order valence-corrected chi connectivity index (χ3v) is 4.63. The zero-order valence-electron chi connectivity index (χ0n) is 12.5. The zero-order chi connectivity index (χ0) is 14.3. The molecule has 1 aliphatic carbocycles. The highest BCUT2D eigenvalue weighted by molar-refractivity contribution is 6.32. The number of hydrogen-bond donors (Lipinski definition) is 0. The van der Waals surface area contributed by atoms with Crippen LogP contribution in [-0.2, 0) is 0 Å². The van der Waals surface area contributed by atoms with Crippen molar-refractivity contribution in [2.24, 2.45) is 11.3 Å². The first-order chi connectivity index (χ1) is 9.47. The maximum absolute atomic E-state index is 6.32. The summed E-state index contributed by atoms with van der Waals surface area (Å²) in [5.41, 5.74) is 1.47. The molecule has 1 aromatic rings. The van der Waals surface area contributed by atoms with Crippen molar-refractivity contribution in [3.63, 3.8) is 0 Å². The molecular formula is C17H23ClO2. The quantitative estimate of drug-likeness (QED) is 0.777. The molecule has 0 spiro atoms. The Morgan fingerprint density at radius 1 is 1.25 bits per heavy atom. The van der Waals surface area contributed by atoms with Gasteiger partial charge in [-0.3, -0.25) is 0 Å². The Morgan fingerprint density at radius 3 is 2.65 bits per heavy atom. The molecule has 1 aliphatic heterocycles. The molecule has 0 N–H and O–H groups in total. The molecule has 1 unspecified atom stereocenters. The highest BCUT2D eigenvalue weighted by Gasteiger charge is 2.34. The normalized spacial score (nSPS) is 22.1. The molecule has 2 aliphatic rings. The van der Waals surface area contributed by atoms with Crippen LogP contribution < -0.4 is 9.47 Å². The maximum Gasteiger partial charge on any atom is 0.180 e. The van der Waals surface area contributed by atoms with E-state index in [1.807, 2.05) is 6.07 Å². The van der Waals surface area contributed by atoms with Crippen LogP contribution in [0.25, 0.3) is 0 Å². The van der Waals surface area contributed by atoms with Crippen molar-refractivity contribution in [1.29, 1.82) is 0 Å². The van der Waals surface area contributed by atoms with Crippen molar-refractivity contribution in [2.75, 3.05) is 13.2 Å². The Kier molecular flexibility index (Phi) is 3.62. The molecule has 1 fully saturated rings. The van der Waals surface area contributed by atoms with Gasteiger partial charge in [0.15, 0.2) is 11.5 Å². The molecule has 1 atom stereocenters. The third kappa shape index (κ3) is 2.76. The van der Waals surface area contributed by atoms with Crippen LogP contribution in [0.1, 0.15) is 51.5 Å². The number of fused-ring (bicyclic) bond motifs is 1. The van der Waals surface area contributed by atoms with Crippen LogP contribution in [0.5, 0.6) is 11.5 Å². The second-order valence-corrected chi connectivity index (χ2v) is 7.51. The molecule has 110 valence electrons. The lowest BCUT2D eigenvalue weighted by Crippen LogP contribution is -2.25. The summed E-state index contributed by atoms with van der Waals surface area (Å²) in [5.74, 6) is 2.84. The van der Waals surface area contributed by atoms with Gasteiger partial charge in [-0.25, -0.2) is 0 Å². The van der Waals surface area contributed by atoms with Crippen LogP contribution in [-0.4, -0.2) is 13.2 Å². The summed E-state index contributed by atoms with van der Waals surface area (Å²) in [6.45, 7) is 8.36. The minimum absolute atomic E-state index is 0.222. The minimum atomic E-state index is 0.222. The van der Waals surface area contributed by atoms with Crippen LogP contribution in [0, 0.1) is 11.3 Å². The third-order valence-electron chi connectivity index (χ3n) is 4.33. The average Bonchev–Trinajstić information content (AvgIpc) is 3.19. The number of benzene rings is 1. The lowest BCUT2D eigenvalue weighted by atomic mass is 9.73. The first kappa shape index (κ1) is 14.1. The van der Waals surface area contributed by atoms with Gasteiger partial charge in [-0.2, -0.15) is 0 Å². The van der Waals surface area contributed by atoms with Gasteiger partial charge in [0, 0.05) is 5.56 Å². The molecule has 2 nitrogen and oxygen atoms in total. The monoisotopic (exact) mass is 294 g/mol. The van der Waals surface area contributed by atoms with E-state index in [2.05, 4.69) is 26.8 Å². The predicted molar refractivity (Wildman–Crippen MR) is 82.0 cm³/mol. The number of ether oxygens (including phenoxy) is 2. The van der Waals surface area contributed by atoms with E-state index in [0.717, 1.165) is 31.1 Å². The van der Waals surface area contributed by atoms with Crippen LogP contribution in [0.4, 0.5) is 0 Å². The van der Waals surface area contributed by atoms with E-state index >= 15 is 0 Å². The molecule has 20 heavy (non-hydrogen) atoms. The largest absolute Gasteiger partial charge is 0.489 e. The summed E-state index contributed by atoms with van der Waals surface area (Å²) in [4.78, 5) is 0. The van der Waals surface area contributed by atoms with Gasteiger partial charge in [-0.1, -0.05) is 38.4 Å². The summed E-state index contributed by atoms with van der Waals surface area (Å²) in [5, 5.41) is 0.666. The van der Waals surface area contributed by atoms with Gasteiger partial charge < -0.3 is 9.47 Å². The van der Waals surface area contributed by atoms with Gasteiger partial charge >= 0.3 is 0 Å². The molecular weight excluding hydrogens is 272 g/mol. The SMILES string of the molecule is CC(C)(C)C1CCOc2c1ccc(Cl)c2OCC1CC1. The van der Waals surface area contributed by atoms with Crippen LogP contribution in [0.3, 0.4) is 0 Å². The van der Waals surface area contributed by atoms with Crippen molar-refractivity contribution >= 4 is 11.6 Å². The molecule has 1 saturated carbocycles. The van der Waals surface area contributed by atoms with Gasteiger partial charge in [0.25, 0.3) is 0 Å². The number of rotatable bonds is 3. The number of halogens is 1. The summed E-state index contributed by atoms with van der Waals surface area (Å²) >= 11 is 6.32. The smallest absolute Gasteiger partial charge is 0.180 e. The van der Waals surface area contributed by atoms with E-state index in [9.17, 15) is 0 Å². The van der Waals surface area contributed by atoms with Crippen molar-refractivity contribution in [2.45, 2.75) is 46.0 Å². The van der Waals surface area contributed by atoms with Gasteiger partial charge in [-0.05, 0) is 42.6 Å². The lowest BCUT2D eigenvalue weighted by Gasteiger charge is -2.36. The van der Waals surface area contributed by atoms with Crippen LogP contribution in [0.15, 0.2) is 12.1 Å². The first-order valence-corrected chi connectivity index (χ1v) is 7.92. The van der Waals surface area contributed by atoms with Crippen LogP contribution in [0.2, 0.25) is 5.02 Å². The fourth-order valence-electron chi connectivity index (χ4n) is 2.93. The predicted octanol–water partition coefficient (Wildman–Crippen LogP) is 5.04. The van der Waals surface area contributed by atoms with E-state index < -0.39 is 0 Å². The highest BCUT2D eigenvalue weighted by Crippen LogP contribution is 2.50. The van der Waals surface area contributed by atoms with Crippen molar-refractivity contribution in [3.05, 3.63) is 22.7 Å². The molecule has 0 saturated heterocycles. The Balaban J connectivity index is 1.94. The molecule has 1 heterocycles. The minimum Gasteiger partial charge on any atom is -0.489 e. The zero-order valence-corrected chi connectivity index (χ0v) is 13.3. The molecule has 3 heteroatoms. The average molecular weight is 295 g/mol. The molecule has 1 aromatic carbocycles. The van der Waals surface area contributed by atoms with E-state index in [0.29, 0.717) is 16.9 Å². The topological polar surface area (TPSA) is 18.5 Å². The lowest BCUT2D eigenvalue weighted by molar-refractivity contribution is 0.191. The molecule has 0 radical (unpaired) electrons. The van der Waals surface area contributed by atoms with E-state index in [-0.39, 0.29) is 5.41 Å². The van der Waals surface area contributed by atoms with Crippen molar-refractivity contribution in [3.8, 4) is 11.5 Å². The summed E-state index contributed by atoms with van der Waals surface area (Å²) in [7, 11) is 0. The molecule has 3 rings (SSSR count). The van der Waals surface area contributed by atoms with Gasteiger partial charge in [0.2, 0.25) is 0 Å².